The fraction of sp³-hybridized carbons (Fsp3) is 0.304. The van der Waals surface area contributed by atoms with Gasteiger partial charge in [-0.05, 0) is 42.7 Å². The maximum atomic E-state index is 13.2. The van der Waals surface area contributed by atoms with Crippen molar-refractivity contribution in [1.82, 2.24) is 25.0 Å². The number of amides is 2. The van der Waals surface area contributed by atoms with Crippen molar-refractivity contribution < 1.29 is 14.0 Å². The molecule has 3 aromatic rings. The minimum Gasteiger partial charge on any atom is -0.350 e. The van der Waals surface area contributed by atoms with Crippen molar-refractivity contribution >= 4 is 11.8 Å². The second-order valence-electron chi connectivity index (χ2n) is 7.42. The molecule has 1 aromatic carbocycles. The first-order valence-electron chi connectivity index (χ1n) is 10.2. The van der Waals surface area contributed by atoms with Gasteiger partial charge >= 0.3 is 0 Å². The van der Waals surface area contributed by atoms with E-state index in [2.05, 4.69) is 15.4 Å². The van der Waals surface area contributed by atoms with E-state index in [1.165, 1.54) is 23.2 Å². The zero-order valence-electron chi connectivity index (χ0n) is 17.9. The van der Waals surface area contributed by atoms with Crippen LogP contribution in [0.5, 0.6) is 0 Å². The van der Waals surface area contributed by atoms with Gasteiger partial charge in [0, 0.05) is 19.3 Å². The van der Waals surface area contributed by atoms with Gasteiger partial charge in [0.05, 0.1) is 24.0 Å². The number of carbonyl (C=O) groups is 2. The van der Waals surface area contributed by atoms with Gasteiger partial charge in [0.25, 0.3) is 5.91 Å². The molecule has 162 valence electrons. The first kappa shape index (κ1) is 22.1. The molecule has 0 aliphatic heterocycles. The molecule has 2 heterocycles. The monoisotopic (exact) mass is 423 g/mol. The molecular formula is C23H26FN5O2. The molecule has 31 heavy (non-hydrogen) atoms. The third-order valence-electron chi connectivity index (χ3n) is 4.86. The largest absolute Gasteiger partial charge is 0.350 e. The summed E-state index contributed by atoms with van der Waals surface area (Å²) in [4.78, 5) is 31.4. The van der Waals surface area contributed by atoms with Crippen LogP contribution in [0.15, 0.2) is 54.9 Å². The van der Waals surface area contributed by atoms with Crippen LogP contribution in [-0.4, -0.2) is 44.6 Å². The average molecular weight is 423 g/mol. The fourth-order valence-electron chi connectivity index (χ4n) is 3.27. The van der Waals surface area contributed by atoms with Crippen LogP contribution in [0.1, 0.15) is 48.3 Å². The topological polar surface area (TPSA) is 80.1 Å². The Morgan fingerprint density at radius 1 is 1.16 bits per heavy atom. The first-order chi connectivity index (χ1) is 14.9. The minimum atomic E-state index is -0.329. The number of nitrogens with zero attached hydrogens (tertiary/aromatic N) is 4. The van der Waals surface area contributed by atoms with E-state index in [4.69, 9.17) is 0 Å². The summed E-state index contributed by atoms with van der Waals surface area (Å²) in [7, 11) is 0. The maximum absolute atomic E-state index is 13.2. The van der Waals surface area contributed by atoms with E-state index in [1.807, 2.05) is 39.0 Å². The quantitative estimate of drug-likeness (QED) is 0.603. The molecule has 0 radical (unpaired) electrons. The summed E-state index contributed by atoms with van der Waals surface area (Å²) in [5, 5.41) is 7.16. The van der Waals surface area contributed by atoms with E-state index in [-0.39, 0.29) is 36.6 Å². The lowest BCUT2D eigenvalue weighted by Crippen LogP contribution is -2.40. The highest BCUT2D eigenvalue weighted by Gasteiger charge is 2.25. The molecule has 0 saturated carbocycles. The Kier molecular flexibility index (Phi) is 7.12. The lowest BCUT2D eigenvalue weighted by molar-refractivity contribution is -0.121. The normalized spacial score (nSPS) is 10.9. The van der Waals surface area contributed by atoms with Crippen LogP contribution in [0.25, 0.3) is 5.82 Å². The number of halogens is 1. The van der Waals surface area contributed by atoms with Crippen molar-refractivity contribution in [1.29, 1.82) is 0 Å². The molecule has 0 aliphatic rings. The number of nitrogens with one attached hydrogen (secondary N) is 1. The number of benzene rings is 1. The van der Waals surface area contributed by atoms with Crippen molar-refractivity contribution in [2.75, 3.05) is 13.1 Å². The van der Waals surface area contributed by atoms with E-state index in [1.54, 1.807) is 23.0 Å². The molecule has 0 bridgehead atoms. The molecule has 8 heteroatoms. The third kappa shape index (κ3) is 5.33. The van der Waals surface area contributed by atoms with Gasteiger partial charge in [0.2, 0.25) is 5.91 Å². The van der Waals surface area contributed by atoms with E-state index in [9.17, 15) is 14.0 Å². The van der Waals surface area contributed by atoms with E-state index in [0.29, 0.717) is 17.9 Å². The second kappa shape index (κ2) is 9.97. The highest BCUT2D eigenvalue weighted by atomic mass is 19.1. The van der Waals surface area contributed by atoms with Gasteiger partial charge < -0.3 is 10.2 Å². The molecule has 3 rings (SSSR count). The maximum Gasteiger partial charge on any atom is 0.257 e. The van der Waals surface area contributed by atoms with Crippen molar-refractivity contribution in [2.45, 2.75) is 33.2 Å². The van der Waals surface area contributed by atoms with Gasteiger partial charge in [-0.3, -0.25) is 9.59 Å². The predicted octanol–water partition coefficient (Wildman–Crippen LogP) is 3.31. The number of pyridine rings is 1. The van der Waals surface area contributed by atoms with Gasteiger partial charge in [-0.2, -0.15) is 5.10 Å². The number of carbonyl (C=O) groups excluding carboxylic acids is 2. The zero-order chi connectivity index (χ0) is 22.4. The molecule has 0 saturated heterocycles. The Morgan fingerprint density at radius 3 is 2.52 bits per heavy atom. The summed E-state index contributed by atoms with van der Waals surface area (Å²) >= 11 is 0. The van der Waals surface area contributed by atoms with E-state index >= 15 is 0 Å². The number of aromatic nitrogens is 3. The summed E-state index contributed by atoms with van der Waals surface area (Å²) in [6.07, 6.45) is 3.21. The molecule has 1 N–H and O–H groups in total. The van der Waals surface area contributed by atoms with E-state index in [0.717, 1.165) is 11.3 Å². The summed E-state index contributed by atoms with van der Waals surface area (Å²) in [5.74, 6) is -0.224. The van der Waals surface area contributed by atoms with Crippen LogP contribution in [0.3, 0.4) is 0 Å². The van der Waals surface area contributed by atoms with Crippen LogP contribution in [-0.2, 0) is 11.3 Å². The minimum absolute atomic E-state index is 0.0227. The first-order valence-corrected chi connectivity index (χ1v) is 10.2. The average Bonchev–Trinajstić information content (AvgIpc) is 3.23. The fourth-order valence-corrected chi connectivity index (χ4v) is 3.27. The predicted molar refractivity (Wildman–Crippen MR) is 115 cm³/mol. The molecule has 0 aliphatic carbocycles. The highest BCUT2D eigenvalue weighted by Crippen LogP contribution is 2.23. The SMILES string of the molecule is CCN(CC(=O)NCc1ccc(F)cc1)C(=O)c1cnn(-c2ccccn2)c1C(C)C. The molecule has 0 atom stereocenters. The van der Waals surface area contributed by atoms with Gasteiger partial charge in [-0.1, -0.05) is 32.0 Å². The summed E-state index contributed by atoms with van der Waals surface area (Å²) in [5.41, 5.74) is 1.98. The van der Waals surface area contributed by atoms with Gasteiger partial charge in [-0.25, -0.2) is 14.1 Å². The molecule has 0 fully saturated rings. The zero-order valence-corrected chi connectivity index (χ0v) is 17.9. The van der Waals surface area contributed by atoms with Crippen molar-refractivity contribution in [3.8, 4) is 5.82 Å². The molecule has 2 amide bonds. The van der Waals surface area contributed by atoms with Gasteiger partial charge in [0.15, 0.2) is 5.82 Å². The van der Waals surface area contributed by atoms with Gasteiger partial charge in [0.1, 0.15) is 5.82 Å². The number of hydrogen-bond donors (Lipinski definition) is 1. The number of hydrogen-bond acceptors (Lipinski definition) is 4. The lowest BCUT2D eigenvalue weighted by atomic mass is 10.0. The van der Waals surface area contributed by atoms with Crippen molar-refractivity contribution in [2.24, 2.45) is 0 Å². The molecule has 2 aromatic heterocycles. The van der Waals surface area contributed by atoms with Crippen molar-refractivity contribution in [3.05, 3.63) is 77.5 Å². The summed E-state index contributed by atoms with van der Waals surface area (Å²) in [6.45, 7) is 6.35. The Balaban J connectivity index is 1.73. The Morgan fingerprint density at radius 2 is 1.90 bits per heavy atom. The van der Waals surface area contributed by atoms with Crippen molar-refractivity contribution in [3.63, 3.8) is 0 Å². The lowest BCUT2D eigenvalue weighted by Gasteiger charge is -2.21. The third-order valence-corrected chi connectivity index (χ3v) is 4.86. The van der Waals surface area contributed by atoms with Gasteiger partial charge in [-0.15, -0.1) is 0 Å². The molecule has 7 nitrogen and oxygen atoms in total. The molecule has 0 spiro atoms. The number of rotatable bonds is 8. The Labute approximate surface area is 180 Å². The van der Waals surface area contributed by atoms with Crippen LogP contribution in [0.4, 0.5) is 4.39 Å². The standard InChI is InChI=1S/C23H26FN5O2/c1-4-28(15-21(30)26-13-17-8-10-18(24)11-9-17)23(31)19-14-27-29(22(19)16(2)3)20-7-5-6-12-25-20/h5-12,14,16H,4,13,15H2,1-3H3,(H,26,30). The second-order valence-corrected chi connectivity index (χ2v) is 7.42. The van der Waals surface area contributed by atoms with Crippen LogP contribution < -0.4 is 5.32 Å². The summed E-state index contributed by atoms with van der Waals surface area (Å²) in [6, 6.07) is 11.4. The van der Waals surface area contributed by atoms with E-state index < -0.39 is 0 Å². The summed E-state index contributed by atoms with van der Waals surface area (Å²) < 4.78 is 14.7. The highest BCUT2D eigenvalue weighted by molar-refractivity contribution is 5.97. The molecular weight excluding hydrogens is 397 g/mol. The van der Waals surface area contributed by atoms with Crippen LogP contribution >= 0.6 is 0 Å². The smallest absolute Gasteiger partial charge is 0.257 e. The Bertz CT molecular complexity index is 1030. The molecule has 0 unspecified atom stereocenters. The van der Waals surface area contributed by atoms with Crippen LogP contribution in [0, 0.1) is 5.82 Å². The number of likely N-dealkylation sites (N-methyl/N-ethyl adjacent to an activating group) is 1. The Hall–Kier alpha value is -3.55. The van der Waals surface area contributed by atoms with Crippen LogP contribution in [0.2, 0.25) is 0 Å².